The topological polar surface area (TPSA) is 40.5 Å². The number of carbonyl (C=O) groups is 1. The van der Waals surface area contributed by atoms with E-state index in [2.05, 4.69) is 0 Å². The maximum Gasteiger partial charge on any atom is 0.179 e. The zero-order valence-electron chi connectivity index (χ0n) is 13.6. The summed E-state index contributed by atoms with van der Waals surface area (Å²) in [5.41, 5.74) is 2.32. The number of rotatable bonds is 5. The summed E-state index contributed by atoms with van der Waals surface area (Å²) in [6.07, 6.45) is 3.87. The number of likely N-dealkylation sites (N-methyl/N-ethyl adjacent to an activating group) is 1. The molecule has 0 aromatic heterocycles. The average Bonchev–Trinajstić information content (AvgIpc) is 2.86. The van der Waals surface area contributed by atoms with Gasteiger partial charge >= 0.3 is 0 Å². The van der Waals surface area contributed by atoms with Gasteiger partial charge in [-0.3, -0.25) is 9.69 Å². The van der Waals surface area contributed by atoms with Gasteiger partial charge in [-0.15, -0.1) is 0 Å². The van der Waals surface area contributed by atoms with Crippen molar-refractivity contribution in [3.63, 3.8) is 0 Å². The number of hydrogen-bond donors (Lipinski definition) is 1. The largest absolute Gasteiger partial charge is 0.389 e. The number of Topliss-reactive ketones (excluding diaryl/α,β-unsaturated/α-hetero) is 1. The van der Waals surface area contributed by atoms with Crippen LogP contribution in [0, 0.1) is 13.8 Å². The molecule has 0 radical (unpaired) electrons. The summed E-state index contributed by atoms with van der Waals surface area (Å²) in [5.74, 6) is 0.139. The smallest absolute Gasteiger partial charge is 0.179 e. The highest BCUT2D eigenvalue weighted by Gasteiger charge is 2.34. The number of aryl methyl sites for hydroxylation is 2. The molecule has 0 saturated heterocycles. The van der Waals surface area contributed by atoms with E-state index in [9.17, 15) is 9.90 Å². The lowest BCUT2D eigenvalue weighted by atomic mass is 9.96. The summed E-state index contributed by atoms with van der Waals surface area (Å²) in [6.45, 7) is 6.49. The second-order valence-electron chi connectivity index (χ2n) is 6.71. The number of ketones is 1. The van der Waals surface area contributed by atoms with Crippen LogP contribution in [-0.2, 0) is 0 Å². The van der Waals surface area contributed by atoms with Crippen molar-refractivity contribution >= 4 is 5.78 Å². The Bertz CT molecular complexity index is 518. The molecule has 0 bridgehead atoms. The van der Waals surface area contributed by atoms with Gasteiger partial charge in [0.05, 0.1) is 11.6 Å². The van der Waals surface area contributed by atoms with Crippen LogP contribution in [0.3, 0.4) is 0 Å². The highest BCUT2D eigenvalue weighted by Crippen LogP contribution is 2.30. The van der Waals surface area contributed by atoms with Gasteiger partial charge in [0.2, 0.25) is 0 Å². The summed E-state index contributed by atoms with van der Waals surface area (Å²) >= 11 is 0. The van der Waals surface area contributed by atoms with Crippen LogP contribution in [0.4, 0.5) is 0 Å². The summed E-state index contributed by atoms with van der Waals surface area (Å²) in [4.78, 5) is 14.7. The SMILES string of the molecule is Cc1ccc(C)c(C(=O)C(C)N(C)CC2(O)CCCC2)c1. The number of aliphatic hydroxyl groups is 1. The number of nitrogens with zero attached hydrogens (tertiary/aromatic N) is 1. The molecular weight excluding hydrogens is 262 g/mol. The van der Waals surface area contributed by atoms with Crippen LogP contribution in [-0.4, -0.2) is 41.0 Å². The van der Waals surface area contributed by atoms with Gasteiger partial charge in [-0.25, -0.2) is 0 Å². The van der Waals surface area contributed by atoms with Crippen LogP contribution in [0.15, 0.2) is 18.2 Å². The second kappa shape index (κ2) is 6.29. The Balaban J connectivity index is 2.09. The Kier molecular flexibility index (Phi) is 4.84. The summed E-state index contributed by atoms with van der Waals surface area (Å²) in [6, 6.07) is 5.78. The average molecular weight is 289 g/mol. The molecule has 21 heavy (non-hydrogen) atoms. The van der Waals surface area contributed by atoms with E-state index in [0.717, 1.165) is 42.4 Å². The van der Waals surface area contributed by atoms with E-state index in [-0.39, 0.29) is 11.8 Å². The maximum atomic E-state index is 12.7. The Morgan fingerprint density at radius 2 is 1.95 bits per heavy atom. The molecule has 1 saturated carbocycles. The first kappa shape index (κ1) is 16.2. The first-order valence-electron chi connectivity index (χ1n) is 7.86. The second-order valence-corrected chi connectivity index (χ2v) is 6.71. The minimum Gasteiger partial charge on any atom is -0.389 e. The first-order valence-corrected chi connectivity index (χ1v) is 7.86. The molecule has 1 N–H and O–H groups in total. The van der Waals surface area contributed by atoms with Gasteiger partial charge in [0.15, 0.2) is 5.78 Å². The van der Waals surface area contributed by atoms with Crippen LogP contribution in [0.1, 0.15) is 54.1 Å². The van der Waals surface area contributed by atoms with Crippen molar-refractivity contribution in [1.82, 2.24) is 4.90 Å². The molecule has 1 aliphatic carbocycles. The standard InChI is InChI=1S/C18H27NO2/c1-13-7-8-14(2)16(11-13)17(20)15(3)19(4)12-18(21)9-5-6-10-18/h7-8,11,15,21H,5-6,9-10,12H2,1-4H3. The van der Waals surface area contributed by atoms with Crippen molar-refractivity contribution < 1.29 is 9.90 Å². The van der Waals surface area contributed by atoms with Gasteiger partial charge in [0.1, 0.15) is 0 Å². The van der Waals surface area contributed by atoms with Crippen molar-refractivity contribution in [3.8, 4) is 0 Å². The molecule has 2 rings (SSSR count). The molecule has 1 unspecified atom stereocenters. The van der Waals surface area contributed by atoms with Gasteiger partial charge in [-0.05, 0) is 52.3 Å². The van der Waals surface area contributed by atoms with Crippen molar-refractivity contribution in [1.29, 1.82) is 0 Å². The monoisotopic (exact) mass is 289 g/mol. The molecule has 3 nitrogen and oxygen atoms in total. The van der Waals surface area contributed by atoms with E-state index in [0.29, 0.717) is 6.54 Å². The van der Waals surface area contributed by atoms with E-state index in [1.807, 2.05) is 50.9 Å². The van der Waals surface area contributed by atoms with E-state index in [1.165, 1.54) is 0 Å². The first-order chi connectivity index (χ1) is 9.82. The highest BCUT2D eigenvalue weighted by molar-refractivity contribution is 6.01. The molecule has 0 amide bonds. The minimum absolute atomic E-state index is 0.139. The number of carbonyl (C=O) groups excluding carboxylic acids is 1. The third-order valence-electron chi connectivity index (χ3n) is 4.78. The normalized spacial score (nSPS) is 19.0. The van der Waals surface area contributed by atoms with Gasteiger partial charge in [0.25, 0.3) is 0 Å². The fraction of sp³-hybridized carbons (Fsp3) is 0.611. The molecular formula is C18H27NO2. The lowest BCUT2D eigenvalue weighted by Crippen LogP contribution is -2.46. The third-order valence-corrected chi connectivity index (χ3v) is 4.78. The molecule has 116 valence electrons. The van der Waals surface area contributed by atoms with Gasteiger partial charge in [0, 0.05) is 12.1 Å². The molecule has 1 aromatic rings. The van der Waals surface area contributed by atoms with Crippen LogP contribution in [0.5, 0.6) is 0 Å². The number of benzene rings is 1. The molecule has 0 aliphatic heterocycles. The van der Waals surface area contributed by atoms with Crippen molar-refractivity contribution in [3.05, 3.63) is 34.9 Å². The Labute approximate surface area is 128 Å². The van der Waals surface area contributed by atoms with E-state index < -0.39 is 5.60 Å². The predicted octanol–water partition coefficient (Wildman–Crippen LogP) is 3.11. The van der Waals surface area contributed by atoms with E-state index in [4.69, 9.17) is 0 Å². The molecule has 1 aromatic carbocycles. The molecule has 1 aliphatic rings. The van der Waals surface area contributed by atoms with Crippen molar-refractivity contribution in [2.45, 2.75) is 58.1 Å². The predicted molar refractivity (Wildman–Crippen MR) is 85.8 cm³/mol. The lowest BCUT2D eigenvalue weighted by molar-refractivity contribution is 0.00855. The highest BCUT2D eigenvalue weighted by atomic mass is 16.3. The zero-order chi connectivity index (χ0) is 15.6. The van der Waals surface area contributed by atoms with Gasteiger partial charge < -0.3 is 5.11 Å². The Morgan fingerprint density at radius 1 is 1.33 bits per heavy atom. The van der Waals surface area contributed by atoms with Gasteiger partial charge in [-0.1, -0.05) is 30.5 Å². The molecule has 0 heterocycles. The third kappa shape index (κ3) is 3.72. The van der Waals surface area contributed by atoms with E-state index >= 15 is 0 Å². The van der Waals surface area contributed by atoms with Gasteiger partial charge in [-0.2, -0.15) is 0 Å². The van der Waals surface area contributed by atoms with E-state index in [1.54, 1.807) is 0 Å². The van der Waals surface area contributed by atoms with Crippen LogP contribution in [0.2, 0.25) is 0 Å². The summed E-state index contributed by atoms with van der Waals surface area (Å²) in [5, 5.41) is 10.5. The summed E-state index contributed by atoms with van der Waals surface area (Å²) < 4.78 is 0. The van der Waals surface area contributed by atoms with Crippen LogP contribution >= 0.6 is 0 Å². The lowest BCUT2D eigenvalue weighted by Gasteiger charge is -2.32. The fourth-order valence-corrected chi connectivity index (χ4v) is 3.22. The molecule has 1 atom stereocenters. The number of hydrogen-bond acceptors (Lipinski definition) is 3. The minimum atomic E-state index is -0.606. The summed E-state index contributed by atoms with van der Waals surface area (Å²) in [7, 11) is 1.93. The maximum absolute atomic E-state index is 12.7. The zero-order valence-corrected chi connectivity index (χ0v) is 13.6. The van der Waals surface area contributed by atoms with Crippen LogP contribution < -0.4 is 0 Å². The van der Waals surface area contributed by atoms with Crippen molar-refractivity contribution in [2.24, 2.45) is 0 Å². The quantitative estimate of drug-likeness (QED) is 0.847. The van der Waals surface area contributed by atoms with Crippen molar-refractivity contribution in [2.75, 3.05) is 13.6 Å². The molecule has 1 fully saturated rings. The fourth-order valence-electron chi connectivity index (χ4n) is 3.22. The molecule has 3 heteroatoms. The Hall–Kier alpha value is -1.19. The Morgan fingerprint density at radius 3 is 2.57 bits per heavy atom. The molecule has 0 spiro atoms. The van der Waals surface area contributed by atoms with Crippen LogP contribution in [0.25, 0.3) is 0 Å².